The van der Waals surface area contributed by atoms with Gasteiger partial charge in [0.2, 0.25) is 10.0 Å². The van der Waals surface area contributed by atoms with Crippen molar-refractivity contribution in [1.29, 1.82) is 0 Å². The summed E-state index contributed by atoms with van der Waals surface area (Å²) in [6.07, 6.45) is 1.63. The Balaban J connectivity index is 0.00000216. The Morgan fingerprint density at radius 2 is 1.50 bits per heavy atom. The lowest BCUT2D eigenvalue weighted by Gasteiger charge is -2.19. The summed E-state index contributed by atoms with van der Waals surface area (Å²) in [6.45, 7) is 3.67. The SMILES string of the molecule is CC.CN(C)c1ccc(S(=O)(=O)Nc2cccc(C(c3c(O)cc(CNS(=O)(=O)c4ccccc4)oc3=O)C3CC3)c2)cc1. The number of aromatic hydroxyl groups is 1. The summed E-state index contributed by atoms with van der Waals surface area (Å²) in [5.74, 6) is -0.854. The number of benzene rings is 3. The first-order valence-electron chi connectivity index (χ1n) is 14.3. The zero-order chi connectivity index (χ0) is 32.1. The Labute approximate surface area is 258 Å². The van der Waals surface area contributed by atoms with Crippen LogP contribution in [-0.2, 0) is 26.6 Å². The molecular formula is C32H37N3O7S2. The molecule has 1 saturated carbocycles. The van der Waals surface area contributed by atoms with Gasteiger partial charge in [-0.1, -0.05) is 44.2 Å². The van der Waals surface area contributed by atoms with Gasteiger partial charge in [0.1, 0.15) is 11.5 Å². The molecule has 1 fully saturated rings. The van der Waals surface area contributed by atoms with Gasteiger partial charge in [0.15, 0.2) is 0 Å². The van der Waals surface area contributed by atoms with Crippen molar-refractivity contribution < 1.29 is 26.4 Å². The molecule has 5 rings (SSSR count). The molecular weight excluding hydrogens is 603 g/mol. The van der Waals surface area contributed by atoms with Crippen molar-refractivity contribution in [1.82, 2.24) is 4.72 Å². The molecule has 1 atom stereocenters. The monoisotopic (exact) mass is 639 g/mol. The predicted octanol–water partition coefficient (Wildman–Crippen LogP) is 5.26. The Morgan fingerprint density at radius 1 is 0.864 bits per heavy atom. The average Bonchev–Trinajstić information content (AvgIpc) is 3.85. The molecule has 0 amide bonds. The number of anilines is 2. The van der Waals surface area contributed by atoms with Gasteiger partial charge in [-0.3, -0.25) is 4.72 Å². The van der Waals surface area contributed by atoms with Gasteiger partial charge in [-0.05, 0) is 72.9 Å². The fourth-order valence-corrected chi connectivity index (χ4v) is 6.86. The molecule has 3 aromatic carbocycles. The van der Waals surface area contributed by atoms with E-state index in [4.69, 9.17) is 4.42 Å². The van der Waals surface area contributed by atoms with Gasteiger partial charge in [-0.25, -0.2) is 26.4 Å². The van der Waals surface area contributed by atoms with E-state index in [2.05, 4.69) is 9.44 Å². The Morgan fingerprint density at radius 3 is 2.09 bits per heavy atom. The third-order valence-corrected chi connectivity index (χ3v) is 9.89. The van der Waals surface area contributed by atoms with Gasteiger partial charge in [-0.2, -0.15) is 0 Å². The second kappa shape index (κ2) is 13.7. The smallest absolute Gasteiger partial charge is 0.343 e. The van der Waals surface area contributed by atoms with E-state index in [0.29, 0.717) is 11.3 Å². The first kappa shape index (κ1) is 32.8. The highest BCUT2D eigenvalue weighted by molar-refractivity contribution is 7.92. The van der Waals surface area contributed by atoms with Crippen molar-refractivity contribution >= 4 is 31.4 Å². The van der Waals surface area contributed by atoms with Crippen LogP contribution in [0.3, 0.4) is 0 Å². The van der Waals surface area contributed by atoms with E-state index in [1.54, 1.807) is 54.6 Å². The van der Waals surface area contributed by atoms with Gasteiger partial charge >= 0.3 is 5.63 Å². The van der Waals surface area contributed by atoms with Crippen molar-refractivity contribution in [2.75, 3.05) is 23.7 Å². The lowest BCUT2D eigenvalue weighted by Crippen LogP contribution is -2.24. The highest BCUT2D eigenvalue weighted by Crippen LogP contribution is 2.48. The van der Waals surface area contributed by atoms with E-state index in [9.17, 15) is 26.7 Å². The topological polar surface area (TPSA) is 146 Å². The summed E-state index contributed by atoms with van der Waals surface area (Å²) in [6, 6.07) is 22.2. The van der Waals surface area contributed by atoms with Crippen LogP contribution in [0.5, 0.6) is 5.75 Å². The van der Waals surface area contributed by atoms with E-state index >= 15 is 0 Å². The fourth-order valence-electron chi connectivity index (χ4n) is 4.80. The molecule has 234 valence electrons. The zero-order valence-corrected chi connectivity index (χ0v) is 26.7. The van der Waals surface area contributed by atoms with Gasteiger partial charge in [0.05, 0.1) is 21.9 Å². The van der Waals surface area contributed by atoms with E-state index in [1.165, 1.54) is 30.3 Å². The maximum Gasteiger partial charge on any atom is 0.343 e. The summed E-state index contributed by atoms with van der Waals surface area (Å²) >= 11 is 0. The van der Waals surface area contributed by atoms with Crippen LogP contribution in [0.25, 0.3) is 0 Å². The number of hydrogen-bond acceptors (Lipinski definition) is 8. The molecule has 3 N–H and O–H groups in total. The normalized spacial score (nSPS) is 13.8. The van der Waals surface area contributed by atoms with Crippen LogP contribution >= 0.6 is 0 Å². The lowest BCUT2D eigenvalue weighted by atomic mass is 9.87. The van der Waals surface area contributed by atoms with Crippen LogP contribution in [0.15, 0.2) is 104 Å². The van der Waals surface area contributed by atoms with Crippen molar-refractivity contribution in [2.45, 2.75) is 48.9 Å². The van der Waals surface area contributed by atoms with E-state index in [1.807, 2.05) is 32.8 Å². The first-order valence-corrected chi connectivity index (χ1v) is 17.2. The van der Waals surface area contributed by atoms with Gasteiger partial charge in [0, 0.05) is 37.5 Å². The molecule has 1 aliphatic carbocycles. The van der Waals surface area contributed by atoms with Crippen LogP contribution in [0, 0.1) is 5.92 Å². The number of nitrogens with one attached hydrogen (secondary N) is 2. The van der Waals surface area contributed by atoms with E-state index < -0.39 is 31.6 Å². The minimum atomic E-state index is -3.88. The van der Waals surface area contributed by atoms with Crippen molar-refractivity contribution in [3.05, 3.63) is 112 Å². The van der Waals surface area contributed by atoms with Crippen molar-refractivity contribution in [3.63, 3.8) is 0 Å². The molecule has 0 saturated heterocycles. The summed E-state index contributed by atoms with van der Waals surface area (Å²) in [5, 5.41) is 10.9. The highest BCUT2D eigenvalue weighted by atomic mass is 32.2. The van der Waals surface area contributed by atoms with Crippen molar-refractivity contribution in [2.24, 2.45) is 5.92 Å². The van der Waals surface area contributed by atoms with Crippen LogP contribution in [-0.4, -0.2) is 36.0 Å². The summed E-state index contributed by atoms with van der Waals surface area (Å²) in [5.41, 5.74) is 1.08. The van der Waals surface area contributed by atoms with Crippen LogP contribution in [0.2, 0.25) is 0 Å². The average molecular weight is 640 g/mol. The molecule has 10 nitrogen and oxygen atoms in total. The molecule has 1 aromatic heterocycles. The van der Waals surface area contributed by atoms with Crippen molar-refractivity contribution in [3.8, 4) is 5.75 Å². The highest BCUT2D eigenvalue weighted by Gasteiger charge is 2.37. The fraction of sp³-hybridized carbons (Fsp3) is 0.281. The number of hydrogen-bond donors (Lipinski definition) is 3. The molecule has 0 spiro atoms. The molecule has 0 radical (unpaired) electrons. The standard InChI is InChI=1S/C30H31N3O7S2.C2H6/c1-33(2)23-13-15-26(16-14-23)42(38,39)32-22-8-6-7-21(17-22)28(20-11-12-20)29-27(34)18-24(40-30(29)35)19-31-41(36,37)25-9-4-3-5-10-25;1-2/h3-10,13-18,20,28,31-32,34H,11-12,19H2,1-2H3;1-2H3. The van der Waals surface area contributed by atoms with Gasteiger partial charge in [-0.15, -0.1) is 0 Å². The first-order chi connectivity index (χ1) is 20.9. The molecule has 1 unspecified atom stereocenters. The quantitative estimate of drug-likeness (QED) is 0.202. The Bertz CT molecular complexity index is 1850. The summed E-state index contributed by atoms with van der Waals surface area (Å²) in [4.78, 5) is 15.2. The van der Waals surface area contributed by atoms with Crippen LogP contribution in [0.1, 0.15) is 49.5 Å². The molecule has 1 heterocycles. The lowest BCUT2D eigenvalue weighted by molar-refractivity contribution is 0.401. The Hall–Kier alpha value is -4.13. The molecule has 44 heavy (non-hydrogen) atoms. The Kier molecular flexibility index (Phi) is 10.2. The number of rotatable bonds is 11. The maximum absolute atomic E-state index is 13.2. The second-order valence-electron chi connectivity index (χ2n) is 10.4. The predicted molar refractivity (Wildman–Crippen MR) is 171 cm³/mol. The second-order valence-corrected chi connectivity index (χ2v) is 13.8. The minimum Gasteiger partial charge on any atom is -0.507 e. The van der Waals surface area contributed by atoms with Crippen LogP contribution < -0.4 is 20.0 Å². The zero-order valence-electron chi connectivity index (χ0n) is 25.0. The largest absolute Gasteiger partial charge is 0.507 e. The molecule has 1 aliphatic rings. The summed E-state index contributed by atoms with van der Waals surface area (Å²) < 4.78 is 61.7. The summed E-state index contributed by atoms with van der Waals surface area (Å²) in [7, 11) is -4.01. The van der Waals surface area contributed by atoms with Gasteiger partial charge < -0.3 is 14.4 Å². The molecule has 0 aliphatic heterocycles. The maximum atomic E-state index is 13.2. The number of sulfonamides is 2. The van der Waals surface area contributed by atoms with Gasteiger partial charge in [0.25, 0.3) is 10.0 Å². The van der Waals surface area contributed by atoms with E-state index in [-0.39, 0.29) is 39.3 Å². The van der Waals surface area contributed by atoms with E-state index in [0.717, 1.165) is 18.5 Å². The third-order valence-electron chi connectivity index (χ3n) is 7.07. The molecule has 4 aromatic rings. The third kappa shape index (κ3) is 7.68. The molecule has 12 heteroatoms. The minimum absolute atomic E-state index is 0.0444. The van der Waals surface area contributed by atoms with Crippen LogP contribution in [0.4, 0.5) is 11.4 Å². The molecule has 0 bridgehead atoms. The number of nitrogens with zero attached hydrogens (tertiary/aromatic N) is 1.